The van der Waals surface area contributed by atoms with Gasteiger partial charge in [-0.25, -0.2) is 9.97 Å². The normalized spacial score (nSPS) is 10.4. The molecule has 0 N–H and O–H groups in total. The van der Waals surface area contributed by atoms with Crippen LogP contribution in [-0.2, 0) is 0 Å². The molecule has 3 aromatic heterocycles. The van der Waals surface area contributed by atoms with E-state index >= 15 is 0 Å². The first-order valence-corrected chi connectivity index (χ1v) is 9.02. The molecule has 6 nitrogen and oxygen atoms in total. The zero-order valence-corrected chi connectivity index (χ0v) is 16.1. The SMILES string of the molecule is COc1ccc(-c2cccc(-c3cccc(Oc4ccccn4)c3)n2)c(OC)n1. The molecule has 0 aliphatic carbocycles. The summed E-state index contributed by atoms with van der Waals surface area (Å²) in [6.07, 6.45) is 1.69. The molecule has 0 saturated heterocycles. The Balaban J connectivity index is 1.67. The Bertz CT molecular complexity index is 1120. The van der Waals surface area contributed by atoms with Gasteiger partial charge in [0.2, 0.25) is 17.6 Å². The number of methoxy groups -OCH3 is 2. The summed E-state index contributed by atoms with van der Waals surface area (Å²) in [6, 6.07) is 22.8. The summed E-state index contributed by atoms with van der Waals surface area (Å²) < 4.78 is 16.4. The summed E-state index contributed by atoms with van der Waals surface area (Å²) in [6.45, 7) is 0. The third kappa shape index (κ3) is 4.16. The molecule has 0 fully saturated rings. The van der Waals surface area contributed by atoms with Crippen molar-refractivity contribution in [1.82, 2.24) is 15.0 Å². The Morgan fingerprint density at radius 3 is 2.34 bits per heavy atom. The Morgan fingerprint density at radius 1 is 0.690 bits per heavy atom. The van der Waals surface area contributed by atoms with Crippen LogP contribution in [0.2, 0.25) is 0 Å². The van der Waals surface area contributed by atoms with Crippen LogP contribution in [0.3, 0.4) is 0 Å². The molecular weight excluding hydrogens is 366 g/mol. The molecule has 29 heavy (non-hydrogen) atoms. The smallest absolute Gasteiger partial charge is 0.225 e. The van der Waals surface area contributed by atoms with Gasteiger partial charge in [0.05, 0.1) is 31.2 Å². The van der Waals surface area contributed by atoms with Gasteiger partial charge in [-0.2, -0.15) is 4.98 Å². The lowest BCUT2D eigenvalue weighted by Crippen LogP contribution is -1.96. The number of rotatable bonds is 6. The molecule has 0 aliphatic rings. The van der Waals surface area contributed by atoms with Crippen molar-refractivity contribution in [2.24, 2.45) is 0 Å². The molecule has 0 spiro atoms. The fourth-order valence-corrected chi connectivity index (χ4v) is 2.88. The van der Waals surface area contributed by atoms with Gasteiger partial charge in [0.15, 0.2) is 0 Å². The van der Waals surface area contributed by atoms with Gasteiger partial charge in [-0.15, -0.1) is 0 Å². The summed E-state index contributed by atoms with van der Waals surface area (Å²) >= 11 is 0. The highest BCUT2D eigenvalue weighted by molar-refractivity contribution is 5.70. The maximum Gasteiger partial charge on any atom is 0.225 e. The standard InChI is InChI=1S/C23H19N3O3/c1-27-22-13-12-18(23(26-22)28-2)20-10-6-9-19(25-20)16-7-5-8-17(15-16)29-21-11-3-4-14-24-21/h3-15H,1-2H3. The van der Waals surface area contributed by atoms with E-state index in [0.717, 1.165) is 22.5 Å². The molecule has 4 aromatic rings. The lowest BCUT2D eigenvalue weighted by atomic mass is 10.1. The zero-order chi connectivity index (χ0) is 20.1. The van der Waals surface area contributed by atoms with Crippen LogP contribution in [0.15, 0.2) is 79.0 Å². The average Bonchev–Trinajstić information content (AvgIpc) is 2.79. The first-order chi connectivity index (χ1) is 14.3. The molecule has 1 aromatic carbocycles. The molecule has 0 bridgehead atoms. The van der Waals surface area contributed by atoms with Crippen molar-refractivity contribution >= 4 is 0 Å². The Kier molecular flexibility index (Phi) is 5.33. The Labute approximate surface area is 168 Å². The van der Waals surface area contributed by atoms with Crippen LogP contribution in [0.4, 0.5) is 0 Å². The van der Waals surface area contributed by atoms with E-state index in [-0.39, 0.29) is 0 Å². The van der Waals surface area contributed by atoms with Gasteiger partial charge in [0, 0.05) is 23.9 Å². The highest BCUT2D eigenvalue weighted by Gasteiger charge is 2.12. The van der Waals surface area contributed by atoms with Crippen LogP contribution in [0.25, 0.3) is 22.5 Å². The van der Waals surface area contributed by atoms with Gasteiger partial charge in [0.1, 0.15) is 5.75 Å². The molecule has 0 radical (unpaired) electrons. The quantitative estimate of drug-likeness (QED) is 0.465. The predicted octanol–water partition coefficient (Wildman–Crippen LogP) is 5.02. The summed E-state index contributed by atoms with van der Waals surface area (Å²) in [7, 11) is 3.15. The highest BCUT2D eigenvalue weighted by atomic mass is 16.5. The Hall–Kier alpha value is -3.93. The fraction of sp³-hybridized carbons (Fsp3) is 0.0870. The number of aromatic nitrogens is 3. The number of nitrogens with zero attached hydrogens (tertiary/aromatic N) is 3. The van der Waals surface area contributed by atoms with Gasteiger partial charge >= 0.3 is 0 Å². The Morgan fingerprint density at radius 2 is 1.55 bits per heavy atom. The second kappa shape index (κ2) is 8.39. The van der Waals surface area contributed by atoms with Gasteiger partial charge in [0.25, 0.3) is 0 Å². The van der Waals surface area contributed by atoms with Crippen LogP contribution in [0.5, 0.6) is 23.4 Å². The van der Waals surface area contributed by atoms with E-state index < -0.39 is 0 Å². The molecule has 0 atom stereocenters. The second-order valence-corrected chi connectivity index (χ2v) is 6.12. The predicted molar refractivity (Wildman–Crippen MR) is 110 cm³/mol. The van der Waals surface area contributed by atoms with Gasteiger partial charge in [-0.05, 0) is 36.4 Å². The highest BCUT2D eigenvalue weighted by Crippen LogP contribution is 2.31. The van der Waals surface area contributed by atoms with Gasteiger partial charge in [-0.1, -0.05) is 24.3 Å². The average molecular weight is 385 g/mol. The lowest BCUT2D eigenvalue weighted by Gasteiger charge is -2.10. The van der Waals surface area contributed by atoms with Gasteiger partial charge < -0.3 is 14.2 Å². The van der Waals surface area contributed by atoms with Crippen molar-refractivity contribution in [3.05, 3.63) is 79.0 Å². The number of hydrogen-bond acceptors (Lipinski definition) is 6. The molecule has 3 heterocycles. The molecule has 0 unspecified atom stereocenters. The monoisotopic (exact) mass is 385 g/mol. The largest absolute Gasteiger partial charge is 0.481 e. The number of hydrogen-bond donors (Lipinski definition) is 0. The van der Waals surface area contributed by atoms with E-state index in [2.05, 4.69) is 9.97 Å². The summed E-state index contributed by atoms with van der Waals surface area (Å²) in [5.74, 6) is 2.18. The number of benzene rings is 1. The maximum absolute atomic E-state index is 5.83. The van der Waals surface area contributed by atoms with E-state index in [4.69, 9.17) is 19.2 Å². The molecule has 144 valence electrons. The van der Waals surface area contributed by atoms with Crippen molar-refractivity contribution in [3.63, 3.8) is 0 Å². The van der Waals surface area contributed by atoms with Crippen LogP contribution in [-0.4, -0.2) is 29.2 Å². The van der Waals surface area contributed by atoms with Gasteiger partial charge in [-0.3, -0.25) is 0 Å². The zero-order valence-electron chi connectivity index (χ0n) is 16.1. The summed E-state index contributed by atoms with van der Waals surface area (Å²) in [5, 5.41) is 0. The van der Waals surface area contributed by atoms with Crippen molar-refractivity contribution in [2.75, 3.05) is 14.2 Å². The first kappa shape index (κ1) is 18.4. The minimum absolute atomic E-state index is 0.459. The molecule has 0 saturated carbocycles. The molecule has 0 amide bonds. The summed E-state index contributed by atoms with van der Waals surface area (Å²) in [5.41, 5.74) is 3.29. The van der Waals surface area contributed by atoms with Crippen LogP contribution in [0.1, 0.15) is 0 Å². The topological polar surface area (TPSA) is 66.4 Å². The molecule has 0 aliphatic heterocycles. The van der Waals surface area contributed by atoms with Crippen LogP contribution < -0.4 is 14.2 Å². The van der Waals surface area contributed by atoms with E-state index in [1.165, 1.54) is 0 Å². The van der Waals surface area contributed by atoms with Crippen molar-refractivity contribution in [2.45, 2.75) is 0 Å². The van der Waals surface area contributed by atoms with Crippen LogP contribution >= 0.6 is 0 Å². The van der Waals surface area contributed by atoms with Crippen molar-refractivity contribution in [3.8, 4) is 45.9 Å². The molecular formula is C23H19N3O3. The fourth-order valence-electron chi connectivity index (χ4n) is 2.88. The number of ether oxygens (including phenoxy) is 3. The van der Waals surface area contributed by atoms with E-state index in [1.807, 2.05) is 66.7 Å². The minimum Gasteiger partial charge on any atom is -0.481 e. The molecule has 4 rings (SSSR count). The maximum atomic E-state index is 5.83. The number of pyridine rings is 3. The van der Waals surface area contributed by atoms with Crippen LogP contribution in [0, 0.1) is 0 Å². The van der Waals surface area contributed by atoms with E-state index in [0.29, 0.717) is 23.4 Å². The third-order valence-electron chi connectivity index (χ3n) is 4.25. The first-order valence-electron chi connectivity index (χ1n) is 9.02. The molecule has 6 heteroatoms. The lowest BCUT2D eigenvalue weighted by molar-refractivity contribution is 0.366. The van der Waals surface area contributed by atoms with E-state index in [9.17, 15) is 0 Å². The minimum atomic E-state index is 0.459. The van der Waals surface area contributed by atoms with E-state index in [1.54, 1.807) is 26.5 Å². The van der Waals surface area contributed by atoms with Crippen molar-refractivity contribution < 1.29 is 14.2 Å². The van der Waals surface area contributed by atoms with Crippen molar-refractivity contribution in [1.29, 1.82) is 0 Å². The third-order valence-corrected chi connectivity index (χ3v) is 4.25. The second-order valence-electron chi connectivity index (χ2n) is 6.12. The summed E-state index contributed by atoms with van der Waals surface area (Å²) in [4.78, 5) is 13.3.